The minimum absolute atomic E-state index is 0.646. The maximum absolute atomic E-state index is 5.27. The van der Waals surface area contributed by atoms with Gasteiger partial charge in [-0.3, -0.25) is 4.99 Å². The first-order chi connectivity index (χ1) is 12.5. The summed E-state index contributed by atoms with van der Waals surface area (Å²) in [5.74, 6) is 1.29. The predicted molar refractivity (Wildman–Crippen MR) is 115 cm³/mol. The van der Waals surface area contributed by atoms with Crippen molar-refractivity contribution in [2.75, 3.05) is 6.54 Å². The van der Waals surface area contributed by atoms with Gasteiger partial charge in [0.1, 0.15) is 0 Å². The number of unbranched alkanes of at least 4 members (excludes halogenated alkanes) is 1. The normalized spacial score (nSPS) is 16.4. The predicted octanol–water partition coefficient (Wildman–Crippen LogP) is 6.61. The van der Waals surface area contributed by atoms with E-state index in [9.17, 15) is 0 Å². The Hall–Kier alpha value is -1.57. The van der Waals surface area contributed by atoms with Gasteiger partial charge in [0.2, 0.25) is 0 Å². The van der Waals surface area contributed by atoms with Crippen LogP contribution in [0.3, 0.4) is 0 Å². The first kappa shape index (κ1) is 20.7. The molecule has 1 N–H and O–H groups in total. The van der Waals surface area contributed by atoms with Crippen molar-refractivity contribution in [1.82, 2.24) is 5.32 Å². The summed E-state index contributed by atoms with van der Waals surface area (Å²) >= 11 is 0. The highest BCUT2D eigenvalue weighted by molar-refractivity contribution is 6.02. The van der Waals surface area contributed by atoms with Crippen LogP contribution >= 0.6 is 0 Å². The van der Waals surface area contributed by atoms with E-state index in [0.717, 1.165) is 25.8 Å². The fraction of sp³-hybridized carbons (Fsp3) is 0.625. The van der Waals surface area contributed by atoms with Crippen molar-refractivity contribution in [3.63, 3.8) is 0 Å². The first-order valence-corrected chi connectivity index (χ1v) is 10.6. The Kier molecular flexibility index (Phi) is 8.41. The minimum atomic E-state index is 0.646. The van der Waals surface area contributed by atoms with Crippen LogP contribution in [0.2, 0.25) is 0 Å². The lowest BCUT2D eigenvalue weighted by atomic mass is 9.94. The molecule has 0 bridgehead atoms. The number of benzene rings is 1. The number of para-hydroxylation sites is 1. The van der Waals surface area contributed by atoms with Crippen LogP contribution in [0.15, 0.2) is 35.0 Å². The third-order valence-electron chi connectivity index (χ3n) is 4.83. The topological polar surface area (TPSA) is 24.4 Å². The van der Waals surface area contributed by atoms with E-state index in [0.29, 0.717) is 11.8 Å². The van der Waals surface area contributed by atoms with Crippen LogP contribution in [0.4, 0.5) is 5.69 Å². The fourth-order valence-electron chi connectivity index (χ4n) is 3.59. The summed E-state index contributed by atoms with van der Waals surface area (Å²) in [6, 6.07) is 6.77. The molecular formula is C24H38N2. The van der Waals surface area contributed by atoms with Crippen LogP contribution in [0.5, 0.6) is 0 Å². The fourth-order valence-corrected chi connectivity index (χ4v) is 3.59. The molecule has 0 atom stereocenters. The zero-order chi connectivity index (χ0) is 18.9. The number of hydrogen-bond donors (Lipinski definition) is 1. The van der Waals surface area contributed by atoms with Crippen molar-refractivity contribution < 1.29 is 0 Å². The first-order valence-electron chi connectivity index (χ1n) is 10.6. The number of allylic oxidation sites excluding steroid dienone is 2. The quantitative estimate of drug-likeness (QED) is 0.495. The lowest BCUT2D eigenvalue weighted by Gasteiger charge is -2.20. The molecule has 0 aromatic heterocycles. The molecule has 0 amide bonds. The van der Waals surface area contributed by atoms with Crippen LogP contribution in [-0.2, 0) is 12.8 Å². The van der Waals surface area contributed by atoms with Gasteiger partial charge in [0.05, 0.1) is 17.1 Å². The summed E-state index contributed by atoms with van der Waals surface area (Å²) in [6.07, 6.45) is 10.5. The SMILES string of the molecule is CCCCNC1=CCCCC1=Nc1c(CC(C)C)cccc1CC(C)C. The van der Waals surface area contributed by atoms with Gasteiger partial charge in [-0.25, -0.2) is 0 Å². The second-order valence-corrected chi connectivity index (χ2v) is 8.47. The molecule has 2 nitrogen and oxygen atoms in total. The third kappa shape index (κ3) is 6.30. The maximum atomic E-state index is 5.27. The van der Waals surface area contributed by atoms with Crippen molar-refractivity contribution in [2.45, 2.75) is 79.6 Å². The van der Waals surface area contributed by atoms with Gasteiger partial charge in [0.25, 0.3) is 0 Å². The lowest BCUT2D eigenvalue weighted by Crippen LogP contribution is -2.23. The standard InChI is InChI=1S/C24H38N2/c1-6-7-15-25-22-13-8-9-14-23(22)26-24-20(16-18(2)3)11-10-12-21(24)17-19(4)5/h10-13,18-19,25H,6-9,14-17H2,1-5H3. The maximum Gasteiger partial charge on any atom is 0.0697 e. The van der Waals surface area contributed by atoms with Crippen molar-refractivity contribution in [2.24, 2.45) is 16.8 Å². The number of aliphatic imine (C=N–C) groups is 1. The van der Waals surface area contributed by atoms with E-state index < -0.39 is 0 Å². The van der Waals surface area contributed by atoms with Gasteiger partial charge < -0.3 is 5.32 Å². The zero-order valence-electron chi connectivity index (χ0n) is 17.6. The molecule has 2 heteroatoms. The van der Waals surface area contributed by atoms with Crippen molar-refractivity contribution >= 4 is 11.4 Å². The van der Waals surface area contributed by atoms with E-state index >= 15 is 0 Å². The summed E-state index contributed by atoms with van der Waals surface area (Å²) in [5, 5.41) is 3.64. The minimum Gasteiger partial charge on any atom is -0.384 e. The molecule has 1 aliphatic carbocycles. The summed E-state index contributed by atoms with van der Waals surface area (Å²) in [6.45, 7) is 12.5. The molecule has 0 aliphatic heterocycles. The number of hydrogen-bond acceptors (Lipinski definition) is 2. The Balaban J connectivity index is 2.38. The molecule has 1 aliphatic rings. The van der Waals surface area contributed by atoms with Gasteiger partial charge in [0.15, 0.2) is 0 Å². The summed E-state index contributed by atoms with van der Waals surface area (Å²) in [7, 11) is 0. The van der Waals surface area contributed by atoms with Gasteiger partial charge >= 0.3 is 0 Å². The van der Waals surface area contributed by atoms with Crippen LogP contribution in [0.1, 0.15) is 77.8 Å². The molecule has 0 fully saturated rings. The van der Waals surface area contributed by atoms with Crippen LogP contribution < -0.4 is 5.32 Å². The molecule has 26 heavy (non-hydrogen) atoms. The summed E-state index contributed by atoms with van der Waals surface area (Å²) in [4.78, 5) is 5.27. The highest BCUT2D eigenvalue weighted by Gasteiger charge is 2.15. The molecule has 2 rings (SSSR count). The Labute approximate surface area is 161 Å². The van der Waals surface area contributed by atoms with Crippen molar-refractivity contribution in [1.29, 1.82) is 0 Å². The largest absolute Gasteiger partial charge is 0.384 e. The third-order valence-corrected chi connectivity index (χ3v) is 4.83. The van der Waals surface area contributed by atoms with Crippen LogP contribution in [-0.4, -0.2) is 12.3 Å². The monoisotopic (exact) mass is 354 g/mol. The zero-order valence-corrected chi connectivity index (χ0v) is 17.6. The Morgan fingerprint density at radius 3 is 2.27 bits per heavy atom. The number of nitrogens with zero attached hydrogens (tertiary/aromatic N) is 1. The van der Waals surface area contributed by atoms with E-state index in [-0.39, 0.29) is 0 Å². The highest BCUT2D eigenvalue weighted by Crippen LogP contribution is 2.31. The second kappa shape index (κ2) is 10.5. The van der Waals surface area contributed by atoms with Gasteiger partial charge in [0, 0.05) is 6.54 Å². The number of rotatable bonds is 9. The van der Waals surface area contributed by atoms with Crippen LogP contribution in [0, 0.1) is 11.8 Å². The van der Waals surface area contributed by atoms with Gasteiger partial charge in [-0.2, -0.15) is 0 Å². The Morgan fingerprint density at radius 2 is 1.69 bits per heavy atom. The van der Waals surface area contributed by atoms with Crippen molar-refractivity contribution in [3.05, 3.63) is 41.1 Å². The van der Waals surface area contributed by atoms with E-state index in [1.165, 1.54) is 53.9 Å². The molecule has 0 saturated carbocycles. The Bertz CT molecular complexity index is 595. The van der Waals surface area contributed by atoms with Gasteiger partial charge in [-0.15, -0.1) is 0 Å². The molecular weight excluding hydrogens is 316 g/mol. The second-order valence-electron chi connectivity index (χ2n) is 8.47. The van der Waals surface area contributed by atoms with Gasteiger partial charge in [-0.1, -0.05) is 65.3 Å². The summed E-state index contributed by atoms with van der Waals surface area (Å²) < 4.78 is 0. The molecule has 0 unspecified atom stereocenters. The average molecular weight is 355 g/mol. The van der Waals surface area contributed by atoms with Crippen LogP contribution in [0.25, 0.3) is 0 Å². The molecule has 0 saturated heterocycles. The van der Waals surface area contributed by atoms with E-state index in [4.69, 9.17) is 4.99 Å². The molecule has 144 valence electrons. The molecule has 0 heterocycles. The van der Waals surface area contributed by atoms with E-state index in [1.54, 1.807) is 0 Å². The molecule has 1 aromatic carbocycles. The summed E-state index contributed by atoms with van der Waals surface area (Å²) in [5.41, 5.74) is 6.59. The van der Waals surface area contributed by atoms with E-state index in [2.05, 4.69) is 64.2 Å². The highest BCUT2D eigenvalue weighted by atomic mass is 14.9. The van der Waals surface area contributed by atoms with Gasteiger partial charge in [-0.05, 0) is 61.5 Å². The molecule has 1 aromatic rings. The smallest absolute Gasteiger partial charge is 0.0697 e. The Morgan fingerprint density at radius 1 is 1.04 bits per heavy atom. The molecule has 0 radical (unpaired) electrons. The molecule has 0 spiro atoms. The van der Waals surface area contributed by atoms with Crippen molar-refractivity contribution in [3.8, 4) is 0 Å². The number of nitrogens with one attached hydrogen (secondary N) is 1. The van der Waals surface area contributed by atoms with E-state index in [1.807, 2.05) is 0 Å². The lowest BCUT2D eigenvalue weighted by molar-refractivity contribution is 0.637. The average Bonchev–Trinajstić information content (AvgIpc) is 2.58.